The van der Waals surface area contributed by atoms with Crippen LogP contribution >= 0.6 is 0 Å². The summed E-state index contributed by atoms with van der Waals surface area (Å²) in [6.45, 7) is -3.38. The molecule has 0 saturated carbocycles. The molecular formula is C18H12F10O. The fraction of sp³-hybridized carbons (Fsp3) is 0.333. The smallest absolute Gasteiger partial charge is 0.368 e. The SMILES string of the molecule is FC(F)(F)c1cccc(C(F)(F)COCC(F)(F)c2cccc(C(F)(F)F)c2)c1. The number of ether oxygens (including phenoxy) is 1. The fourth-order valence-electron chi connectivity index (χ4n) is 2.32. The zero-order valence-corrected chi connectivity index (χ0v) is 14.2. The molecule has 0 radical (unpaired) electrons. The second kappa shape index (κ2) is 7.85. The van der Waals surface area contributed by atoms with Gasteiger partial charge >= 0.3 is 12.4 Å². The molecule has 160 valence electrons. The van der Waals surface area contributed by atoms with Crippen LogP contribution in [0.2, 0.25) is 0 Å². The molecule has 0 saturated heterocycles. The van der Waals surface area contributed by atoms with Gasteiger partial charge < -0.3 is 4.74 Å². The van der Waals surface area contributed by atoms with E-state index in [1.54, 1.807) is 0 Å². The van der Waals surface area contributed by atoms with E-state index in [1.807, 2.05) is 0 Å². The van der Waals surface area contributed by atoms with Crippen LogP contribution in [-0.4, -0.2) is 13.2 Å². The summed E-state index contributed by atoms with van der Waals surface area (Å²) < 4.78 is 136. The molecule has 0 spiro atoms. The largest absolute Gasteiger partial charge is 0.416 e. The third-order valence-electron chi connectivity index (χ3n) is 3.79. The molecule has 0 heterocycles. The van der Waals surface area contributed by atoms with Crippen LogP contribution < -0.4 is 0 Å². The molecule has 2 aromatic carbocycles. The van der Waals surface area contributed by atoms with E-state index < -0.39 is 59.7 Å². The zero-order chi connectivity index (χ0) is 22.1. The highest BCUT2D eigenvalue weighted by atomic mass is 19.4. The Balaban J connectivity index is 2.10. The van der Waals surface area contributed by atoms with Gasteiger partial charge in [0.25, 0.3) is 11.8 Å². The molecule has 0 atom stereocenters. The van der Waals surface area contributed by atoms with E-state index in [0.29, 0.717) is 24.3 Å². The van der Waals surface area contributed by atoms with Crippen molar-refractivity contribution >= 4 is 0 Å². The lowest BCUT2D eigenvalue weighted by atomic mass is 10.0. The molecule has 0 amide bonds. The van der Waals surface area contributed by atoms with Crippen molar-refractivity contribution in [3.8, 4) is 0 Å². The topological polar surface area (TPSA) is 9.23 Å². The average Bonchev–Trinajstić information content (AvgIpc) is 2.60. The van der Waals surface area contributed by atoms with Crippen molar-refractivity contribution in [2.45, 2.75) is 24.2 Å². The number of hydrogen-bond acceptors (Lipinski definition) is 1. The van der Waals surface area contributed by atoms with Crippen molar-refractivity contribution in [1.29, 1.82) is 0 Å². The Morgan fingerprint density at radius 3 is 1.14 bits per heavy atom. The number of hydrogen-bond donors (Lipinski definition) is 0. The van der Waals surface area contributed by atoms with Crippen LogP contribution in [-0.2, 0) is 28.9 Å². The monoisotopic (exact) mass is 434 g/mol. The maximum absolute atomic E-state index is 14.0. The minimum Gasteiger partial charge on any atom is -0.368 e. The van der Waals surface area contributed by atoms with E-state index in [9.17, 15) is 43.9 Å². The summed E-state index contributed by atoms with van der Waals surface area (Å²) in [7, 11) is 0. The first-order valence-corrected chi connectivity index (χ1v) is 7.82. The Labute approximate surface area is 157 Å². The van der Waals surface area contributed by atoms with Gasteiger partial charge in [0.05, 0.1) is 11.1 Å². The molecule has 0 bridgehead atoms. The van der Waals surface area contributed by atoms with Gasteiger partial charge in [0.2, 0.25) is 0 Å². The third kappa shape index (κ3) is 5.84. The van der Waals surface area contributed by atoms with Gasteiger partial charge in [-0.05, 0) is 24.3 Å². The first kappa shape index (κ1) is 23.0. The van der Waals surface area contributed by atoms with Crippen molar-refractivity contribution in [3.05, 3.63) is 70.8 Å². The molecule has 0 N–H and O–H groups in total. The van der Waals surface area contributed by atoms with Crippen molar-refractivity contribution in [3.63, 3.8) is 0 Å². The summed E-state index contributed by atoms with van der Waals surface area (Å²) in [6, 6.07) is 4.23. The van der Waals surface area contributed by atoms with Crippen LogP contribution in [0, 0.1) is 0 Å². The van der Waals surface area contributed by atoms with E-state index in [-0.39, 0.29) is 12.1 Å². The normalized spacial score (nSPS) is 13.6. The van der Waals surface area contributed by atoms with Crippen LogP contribution in [0.3, 0.4) is 0 Å². The van der Waals surface area contributed by atoms with Gasteiger partial charge in [-0.2, -0.15) is 43.9 Å². The quantitative estimate of drug-likeness (QED) is 0.464. The van der Waals surface area contributed by atoms with Gasteiger partial charge in [0, 0.05) is 11.1 Å². The molecular weight excluding hydrogens is 422 g/mol. The lowest BCUT2D eigenvalue weighted by molar-refractivity contribution is -0.141. The number of alkyl halides is 10. The predicted molar refractivity (Wildman–Crippen MR) is 81.5 cm³/mol. The van der Waals surface area contributed by atoms with Crippen LogP contribution in [0.5, 0.6) is 0 Å². The van der Waals surface area contributed by atoms with Gasteiger partial charge in [-0.25, -0.2) is 0 Å². The number of rotatable bonds is 6. The van der Waals surface area contributed by atoms with Crippen LogP contribution in [0.25, 0.3) is 0 Å². The van der Waals surface area contributed by atoms with Crippen LogP contribution in [0.1, 0.15) is 22.3 Å². The van der Waals surface area contributed by atoms with Crippen molar-refractivity contribution in [2.75, 3.05) is 13.2 Å². The van der Waals surface area contributed by atoms with E-state index >= 15 is 0 Å². The second-order valence-electron chi connectivity index (χ2n) is 6.06. The summed E-state index contributed by atoms with van der Waals surface area (Å²) in [5, 5.41) is 0. The molecule has 11 heteroatoms. The summed E-state index contributed by atoms with van der Waals surface area (Å²) in [6.07, 6.45) is -9.77. The first-order chi connectivity index (χ1) is 13.1. The molecule has 2 aromatic rings. The molecule has 0 aromatic heterocycles. The lowest BCUT2D eigenvalue weighted by Gasteiger charge is -2.22. The van der Waals surface area contributed by atoms with Gasteiger partial charge in [0.1, 0.15) is 13.2 Å². The molecule has 2 rings (SSSR count). The van der Waals surface area contributed by atoms with Crippen molar-refractivity contribution in [2.24, 2.45) is 0 Å². The highest BCUT2D eigenvalue weighted by molar-refractivity contribution is 5.30. The van der Waals surface area contributed by atoms with Crippen LogP contribution in [0.4, 0.5) is 43.9 Å². The van der Waals surface area contributed by atoms with E-state index in [2.05, 4.69) is 4.74 Å². The molecule has 0 unspecified atom stereocenters. The van der Waals surface area contributed by atoms with Crippen molar-refractivity contribution < 1.29 is 48.6 Å². The minimum atomic E-state index is -4.89. The summed E-state index contributed by atoms with van der Waals surface area (Å²) >= 11 is 0. The van der Waals surface area contributed by atoms with Gasteiger partial charge in [-0.15, -0.1) is 0 Å². The Bertz CT molecular complexity index is 770. The first-order valence-electron chi connectivity index (χ1n) is 7.82. The standard InChI is InChI=1S/C18H12F10O/c19-15(20,11-3-1-5-13(7-11)17(23,24)25)9-29-10-16(21,22)12-4-2-6-14(8-12)18(26,27)28/h1-8H,9-10H2. The average molecular weight is 434 g/mol. The van der Waals surface area contributed by atoms with E-state index in [4.69, 9.17) is 0 Å². The molecule has 1 nitrogen and oxygen atoms in total. The second-order valence-corrected chi connectivity index (χ2v) is 6.06. The molecule has 0 aliphatic carbocycles. The van der Waals surface area contributed by atoms with Gasteiger partial charge in [-0.1, -0.05) is 24.3 Å². The molecule has 0 aliphatic rings. The lowest BCUT2D eigenvalue weighted by Crippen LogP contribution is -2.28. The minimum absolute atomic E-state index is 0.161. The summed E-state index contributed by atoms with van der Waals surface area (Å²) in [5.41, 5.74) is -4.92. The van der Waals surface area contributed by atoms with Crippen molar-refractivity contribution in [1.82, 2.24) is 0 Å². The Morgan fingerprint density at radius 2 is 0.828 bits per heavy atom. The maximum atomic E-state index is 14.0. The molecule has 29 heavy (non-hydrogen) atoms. The summed E-state index contributed by atoms with van der Waals surface area (Å²) in [4.78, 5) is 0. The van der Waals surface area contributed by atoms with E-state index in [0.717, 1.165) is 12.1 Å². The number of benzene rings is 2. The Hall–Kier alpha value is -2.30. The highest BCUT2D eigenvalue weighted by Crippen LogP contribution is 2.37. The predicted octanol–water partition coefficient (Wildman–Crippen LogP) is 6.62. The van der Waals surface area contributed by atoms with Crippen LogP contribution in [0.15, 0.2) is 48.5 Å². The highest BCUT2D eigenvalue weighted by Gasteiger charge is 2.40. The summed E-state index contributed by atoms with van der Waals surface area (Å²) in [5.74, 6) is -8.07. The molecule has 0 fully saturated rings. The fourth-order valence-corrected chi connectivity index (χ4v) is 2.32. The zero-order valence-electron chi connectivity index (χ0n) is 14.2. The Kier molecular flexibility index (Phi) is 6.22. The van der Waals surface area contributed by atoms with E-state index in [1.165, 1.54) is 0 Å². The maximum Gasteiger partial charge on any atom is 0.416 e. The Morgan fingerprint density at radius 1 is 0.517 bits per heavy atom. The number of halogens is 10. The van der Waals surface area contributed by atoms with Gasteiger partial charge in [-0.3, -0.25) is 0 Å². The third-order valence-corrected chi connectivity index (χ3v) is 3.79. The molecule has 0 aliphatic heterocycles. The van der Waals surface area contributed by atoms with Gasteiger partial charge in [0.15, 0.2) is 0 Å².